The monoisotopic (exact) mass is 334 g/mol. The van der Waals surface area contributed by atoms with Crippen LogP contribution >= 0.6 is 0 Å². The van der Waals surface area contributed by atoms with Crippen LogP contribution in [-0.2, 0) is 0 Å². The molecule has 0 aliphatic carbocycles. The molecule has 2 heterocycles. The van der Waals surface area contributed by atoms with Crippen LogP contribution in [-0.4, -0.2) is 73.5 Å². The summed E-state index contributed by atoms with van der Waals surface area (Å²) >= 11 is 0. The van der Waals surface area contributed by atoms with Gasteiger partial charge in [-0.3, -0.25) is 14.7 Å². The van der Waals surface area contributed by atoms with Gasteiger partial charge in [-0.1, -0.05) is 0 Å². The van der Waals surface area contributed by atoms with Gasteiger partial charge >= 0.3 is 0 Å². The quantitative estimate of drug-likeness (QED) is 0.799. The maximum atomic E-state index is 12.4. The molecule has 130 valence electrons. The van der Waals surface area contributed by atoms with Crippen LogP contribution < -0.4 is 19.9 Å². The highest BCUT2D eigenvalue weighted by atomic mass is 16.5. The zero-order valence-electron chi connectivity index (χ0n) is 13.9. The van der Waals surface area contributed by atoms with E-state index in [4.69, 9.17) is 14.6 Å². The number of piperazine rings is 1. The van der Waals surface area contributed by atoms with Gasteiger partial charge in [-0.15, -0.1) is 0 Å². The van der Waals surface area contributed by atoms with E-state index in [1.165, 1.54) is 7.11 Å². The number of hydrogen-bond acceptors (Lipinski definition) is 7. The van der Waals surface area contributed by atoms with E-state index in [1.54, 1.807) is 19.2 Å². The lowest BCUT2D eigenvalue weighted by molar-refractivity contribution is 0.188. The molecule has 0 saturated carbocycles. The summed E-state index contributed by atoms with van der Waals surface area (Å²) in [6.07, 6.45) is 0. The average Bonchev–Trinajstić information content (AvgIpc) is 2.61. The maximum Gasteiger partial charge on any atom is 0.260 e. The largest absolute Gasteiger partial charge is 0.493 e. The number of rotatable bonds is 5. The third-order valence-corrected chi connectivity index (χ3v) is 4.29. The van der Waals surface area contributed by atoms with Crippen LogP contribution in [0, 0.1) is 0 Å². The van der Waals surface area contributed by atoms with Crippen molar-refractivity contribution in [3.63, 3.8) is 0 Å². The molecule has 1 aliphatic heterocycles. The summed E-state index contributed by atoms with van der Waals surface area (Å²) in [4.78, 5) is 24.1. The number of anilines is 1. The molecule has 1 aromatic heterocycles. The lowest BCUT2D eigenvalue weighted by atomic mass is 10.2. The van der Waals surface area contributed by atoms with Gasteiger partial charge in [-0.25, -0.2) is 4.98 Å². The molecule has 8 nitrogen and oxygen atoms in total. The smallest absolute Gasteiger partial charge is 0.260 e. The molecule has 1 fully saturated rings. The Labute approximate surface area is 139 Å². The zero-order valence-corrected chi connectivity index (χ0v) is 13.9. The Morgan fingerprint density at radius 3 is 2.46 bits per heavy atom. The Kier molecular flexibility index (Phi) is 4.86. The minimum Gasteiger partial charge on any atom is -0.493 e. The van der Waals surface area contributed by atoms with Gasteiger partial charge in [-0.05, 0) is 6.07 Å². The predicted molar refractivity (Wildman–Crippen MR) is 91.2 cm³/mol. The molecule has 2 N–H and O–H groups in total. The Morgan fingerprint density at radius 2 is 1.83 bits per heavy atom. The van der Waals surface area contributed by atoms with Crippen molar-refractivity contribution in [2.45, 2.75) is 0 Å². The minimum absolute atomic E-state index is 0.159. The topological polar surface area (TPSA) is 90.9 Å². The highest BCUT2D eigenvalue weighted by Gasteiger charge is 2.19. The number of fused-ring (bicyclic) bond motifs is 1. The van der Waals surface area contributed by atoms with Crippen molar-refractivity contribution < 1.29 is 14.6 Å². The van der Waals surface area contributed by atoms with Gasteiger partial charge in [-0.2, -0.15) is 0 Å². The molecule has 1 saturated heterocycles. The third kappa shape index (κ3) is 3.15. The van der Waals surface area contributed by atoms with E-state index < -0.39 is 0 Å². The first-order valence-electron chi connectivity index (χ1n) is 7.90. The molecule has 2 aromatic rings. The first kappa shape index (κ1) is 16.5. The van der Waals surface area contributed by atoms with E-state index in [0.29, 0.717) is 34.9 Å². The van der Waals surface area contributed by atoms with Gasteiger partial charge in [0.1, 0.15) is 0 Å². The third-order valence-electron chi connectivity index (χ3n) is 4.29. The maximum absolute atomic E-state index is 12.4. The van der Waals surface area contributed by atoms with Gasteiger partial charge in [0.2, 0.25) is 5.95 Å². The molecule has 0 amide bonds. The number of benzene rings is 1. The van der Waals surface area contributed by atoms with Crippen LogP contribution in [0.25, 0.3) is 10.9 Å². The van der Waals surface area contributed by atoms with Gasteiger partial charge < -0.3 is 19.5 Å². The molecule has 1 aliphatic rings. The number of nitrogens with one attached hydrogen (secondary N) is 1. The normalized spacial score (nSPS) is 15.7. The van der Waals surface area contributed by atoms with Crippen LogP contribution in [0.2, 0.25) is 0 Å². The van der Waals surface area contributed by atoms with Crippen LogP contribution in [0.4, 0.5) is 5.95 Å². The number of nitrogens with zero attached hydrogens (tertiary/aromatic N) is 3. The summed E-state index contributed by atoms with van der Waals surface area (Å²) in [5, 5.41) is 9.48. The predicted octanol–water partition coefficient (Wildman–Crippen LogP) is 0.0546. The number of methoxy groups -OCH3 is 2. The molecule has 0 unspecified atom stereocenters. The molecular weight excluding hydrogens is 312 g/mol. The summed E-state index contributed by atoms with van der Waals surface area (Å²) in [5.41, 5.74) is 0.373. The van der Waals surface area contributed by atoms with Crippen LogP contribution in [0.15, 0.2) is 16.9 Å². The fraction of sp³-hybridized carbons (Fsp3) is 0.500. The Morgan fingerprint density at radius 1 is 1.17 bits per heavy atom. The standard InChI is InChI=1S/C16H22N4O4/c1-23-13-9-11-12(10-14(13)24-2)17-16(18-15(11)22)20-5-3-19(4-6-20)7-8-21/h9-10,21H,3-8H2,1-2H3,(H,17,18,22). The van der Waals surface area contributed by atoms with Crippen LogP contribution in [0.1, 0.15) is 0 Å². The van der Waals surface area contributed by atoms with E-state index in [0.717, 1.165) is 26.2 Å². The molecule has 3 rings (SSSR count). The highest BCUT2D eigenvalue weighted by Crippen LogP contribution is 2.30. The second-order valence-corrected chi connectivity index (χ2v) is 5.67. The summed E-state index contributed by atoms with van der Waals surface area (Å²) in [5.74, 6) is 1.60. The van der Waals surface area contributed by atoms with Crippen LogP contribution in [0.5, 0.6) is 11.5 Å². The van der Waals surface area contributed by atoms with E-state index in [1.807, 2.05) is 4.90 Å². The lowest BCUT2D eigenvalue weighted by Crippen LogP contribution is -2.48. The number of aromatic nitrogens is 2. The number of hydrogen-bond donors (Lipinski definition) is 2. The first-order valence-corrected chi connectivity index (χ1v) is 7.90. The summed E-state index contributed by atoms with van der Waals surface area (Å²) in [7, 11) is 3.09. The van der Waals surface area contributed by atoms with Gasteiger partial charge in [0, 0.05) is 38.8 Å². The second-order valence-electron chi connectivity index (χ2n) is 5.67. The van der Waals surface area contributed by atoms with E-state index in [-0.39, 0.29) is 12.2 Å². The summed E-state index contributed by atoms with van der Waals surface area (Å²) in [6.45, 7) is 3.99. The van der Waals surface area contributed by atoms with Crippen molar-refractivity contribution >= 4 is 16.9 Å². The molecule has 24 heavy (non-hydrogen) atoms. The first-order chi connectivity index (χ1) is 11.7. The number of H-pyrrole nitrogens is 1. The van der Waals surface area contributed by atoms with Crippen molar-refractivity contribution in [1.82, 2.24) is 14.9 Å². The molecule has 1 aromatic carbocycles. The SMILES string of the molecule is COc1cc2nc(N3CCN(CCO)CC3)[nH]c(=O)c2cc1OC. The van der Waals surface area contributed by atoms with Crippen molar-refractivity contribution in [3.8, 4) is 11.5 Å². The number of aliphatic hydroxyl groups excluding tert-OH is 1. The van der Waals surface area contributed by atoms with Crippen molar-refractivity contribution in [2.24, 2.45) is 0 Å². The molecule has 0 bridgehead atoms. The lowest BCUT2D eigenvalue weighted by Gasteiger charge is -2.34. The Bertz CT molecular complexity index is 768. The van der Waals surface area contributed by atoms with Crippen LogP contribution in [0.3, 0.4) is 0 Å². The highest BCUT2D eigenvalue weighted by molar-refractivity contribution is 5.82. The van der Waals surface area contributed by atoms with Gasteiger partial charge in [0.05, 0.1) is 31.7 Å². The van der Waals surface area contributed by atoms with E-state index in [9.17, 15) is 4.79 Å². The number of ether oxygens (including phenoxy) is 2. The summed E-state index contributed by atoms with van der Waals surface area (Å²) in [6, 6.07) is 3.36. The molecule has 0 spiro atoms. The van der Waals surface area contributed by atoms with Crippen molar-refractivity contribution in [3.05, 3.63) is 22.5 Å². The number of aliphatic hydroxyl groups is 1. The zero-order chi connectivity index (χ0) is 17.1. The van der Waals surface area contributed by atoms with Gasteiger partial charge in [0.15, 0.2) is 11.5 Å². The Hall–Kier alpha value is -2.32. The number of β-amino-alcohol motifs (C(OH)–C–C–N with tert-alkyl or cyclic N) is 1. The molecule has 0 atom stereocenters. The second kappa shape index (κ2) is 7.06. The van der Waals surface area contributed by atoms with Gasteiger partial charge in [0.25, 0.3) is 5.56 Å². The molecule has 8 heteroatoms. The van der Waals surface area contributed by atoms with E-state index >= 15 is 0 Å². The average molecular weight is 334 g/mol. The summed E-state index contributed by atoms with van der Waals surface area (Å²) < 4.78 is 10.5. The minimum atomic E-state index is -0.200. The van der Waals surface area contributed by atoms with Crippen molar-refractivity contribution in [2.75, 3.05) is 58.5 Å². The van der Waals surface area contributed by atoms with Crippen molar-refractivity contribution in [1.29, 1.82) is 0 Å². The molecular formula is C16H22N4O4. The number of aromatic amines is 1. The Balaban J connectivity index is 1.92. The fourth-order valence-electron chi connectivity index (χ4n) is 2.93. The fourth-order valence-corrected chi connectivity index (χ4v) is 2.93. The molecule has 0 radical (unpaired) electrons. The van der Waals surface area contributed by atoms with E-state index in [2.05, 4.69) is 14.9 Å².